The van der Waals surface area contributed by atoms with Crippen molar-refractivity contribution in [2.75, 3.05) is 6.54 Å². The third-order valence-electron chi connectivity index (χ3n) is 3.63. The molecule has 0 spiro atoms. The molecule has 0 fully saturated rings. The monoisotopic (exact) mass is 507 g/mol. The summed E-state index contributed by atoms with van der Waals surface area (Å²) in [5, 5.41) is 8.84. The molecule has 29 heavy (non-hydrogen) atoms. The van der Waals surface area contributed by atoms with Gasteiger partial charge in [0.15, 0.2) is 0 Å². The van der Waals surface area contributed by atoms with Crippen LogP contribution in [0.25, 0.3) is 0 Å². The van der Waals surface area contributed by atoms with E-state index in [1.165, 1.54) is 30.3 Å². The van der Waals surface area contributed by atoms with Crippen molar-refractivity contribution in [3.63, 3.8) is 0 Å². The molecule has 2 aromatic carbocycles. The van der Waals surface area contributed by atoms with Crippen LogP contribution in [0.4, 0.5) is 0 Å². The van der Waals surface area contributed by atoms with Crippen LogP contribution in [0.1, 0.15) is 6.92 Å². The molecule has 2 N–H and O–H groups in total. The second-order valence-corrected chi connectivity index (χ2v) is 11.5. The first-order valence-corrected chi connectivity index (χ1v) is 12.6. The van der Waals surface area contributed by atoms with E-state index in [1.54, 1.807) is 24.3 Å². The van der Waals surface area contributed by atoms with Crippen LogP contribution in [0, 0.1) is 0 Å². The Labute approximate surface area is 174 Å². The van der Waals surface area contributed by atoms with Crippen molar-refractivity contribution >= 4 is 51.6 Å². The summed E-state index contributed by atoms with van der Waals surface area (Å²) in [6.45, 7) is 0.317. The Hall–Kier alpha value is -2.24. The molecule has 0 saturated carbocycles. The average Bonchev–Trinajstić information content (AvgIpc) is 2.70. The number of carbonyl (C=O) groups excluding carboxylic acids is 1. The SMILES string of the molecule is CC(C(=O)NCC(=O)O)S(=O)(=O)O[Se]c1ccccc1S(=O)(=O)c1ccccc1. The van der Waals surface area contributed by atoms with E-state index < -0.39 is 58.9 Å². The van der Waals surface area contributed by atoms with Crippen molar-refractivity contribution in [2.24, 2.45) is 0 Å². The van der Waals surface area contributed by atoms with Gasteiger partial charge in [-0.15, -0.1) is 0 Å². The van der Waals surface area contributed by atoms with Gasteiger partial charge in [-0.1, -0.05) is 0 Å². The molecule has 1 atom stereocenters. The minimum atomic E-state index is -4.40. The van der Waals surface area contributed by atoms with E-state index in [2.05, 4.69) is 0 Å². The average molecular weight is 506 g/mol. The number of carbonyl (C=O) groups is 2. The summed E-state index contributed by atoms with van der Waals surface area (Å²) in [5.41, 5.74) is 0. The summed E-state index contributed by atoms with van der Waals surface area (Å²) in [7, 11) is -8.30. The Morgan fingerprint density at radius 3 is 2.24 bits per heavy atom. The topological polar surface area (TPSA) is 144 Å². The second-order valence-electron chi connectivity index (χ2n) is 5.66. The molecule has 0 saturated heterocycles. The van der Waals surface area contributed by atoms with E-state index in [1.807, 2.05) is 5.32 Å². The van der Waals surface area contributed by atoms with Crippen LogP contribution in [-0.2, 0) is 32.8 Å². The number of amides is 1. The molecule has 12 heteroatoms. The fourth-order valence-electron chi connectivity index (χ4n) is 2.05. The van der Waals surface area contributed by atoms with Crippen molar-refractivity contribution in [2.45, 2.75) is 22.0 Å². The van der Waals surface area contributed by atoms with Gasteiger partial charge in [0.25, 0.3) is 0 Å². The summed E-state index contributed by atoms with van der Waals surface area (Å²) in [6, 6.07) is 13.5. The van der Waals surface area contributed by atoms with E-state index in [0.717, 1.165) is 6.92 Å². The third kappa shape index (κ3) is 5.87. The van der Waals surface area contributed by atoms with Crippen LogP contribution in [0.2, 0.25) is 0 Å². The van der Waals surface area contributed by atoms with Crippen LogP contribution in [-0.4, -0.2) is 60.9 Å². The predicted molar refractivity (Wildman–Crippen MR) is 104 cm³/mol. The Morgan fingerprint density at radius 2 is 1.62 bits per heavy atom. The molecule has 0 aliphatic heterocycles. The number of nitrogens with one attached hydrogen (secondary N) is 1. The minimum absolute atomic E-state index is 0.0486. The first-order chi connectivity index (χ1) is 13.6. The predicted octanol–water partition coefficient (Wildman–Crippen LogP) is -0.300. The van der Waals surface area contributed by atoms with Gasteiger partial charge in [-0.05, 0) is 0 Å². The molecule has 2 aromatic rings. The molecule has 2 rings (SSSR count). The molecule has 0 aromatic heterocycles. The number of sulfone groups is 1. The van der Waals surface area contributed by atoms with Crippen LogP contribution >= 0.6 is 0 Å². The number of carboxylic acids is 1. The molecule has 1 amide bonds. The number of hydrogen-bond donors (Lipinski definition) is 2. The van der Waals surface area contributed by atoms with Gasteiger partial charge >= 0.3 is 175 Å². The first kappa shape index (κ1) is 23.0. The molecule has 0 aliphatic carbocycles. The zero-order valence-corrected chi connectivity index (χ0v) is 18.4. The first-order valence-electron chi connectivity index (χ1n) is 8.04. The van der Waals surface area contributed by atoms with Crippen LogP contribution in [0.15, 0.2) is 64.4 Å². The van der Waals surface area contributed by atoms with Gasteiger partial charge in [0.05, 0.1) is 0 Å². The Balaban J connectivity index is 2.22. The van der Waals surface area contributed by atoms with Gasteiger partial charge in [0.1, 0.15) is 0 Å². The molecule has 0 heterocycles. The standard InChI is InChI=1S/C17H17NO8S2Se/c1-12(17(21)18-11-16(19)20)28(24,25)26-29-15-10-6-5-9-14(15)27(22,23)13-7-3-2-4-8-13/h2-10,12H,11H2,1H3,(H,18,21)(H,19,20). The summed E-state index contributed by atoms with van der Waals surface area (Å²) in [6.07, 6.45) is 0. The third-order valence-corrected chi connectivity index (χ3v) is 9.83. The fraction of sp³-hybridized carbons (Fsp3) is 0.176. The second kappa shape index (κ2) is 9.51. The van der Waals surface area contributed by atoms with Crippen molar-refractivity contribution in [3.05, 3.63) is 54.6 Å². The molecular formula is C17H17NO8S2Se. The summed E-state index contributed by atoms with van der Waals surface area (Å²) in [4.78, 5) is 22.2. The van der Waals surface area contributed by atoms with Gasteiger partial charge < -0.3 is 0 Å². The van der Waals surface area contributed by atoms with Crippen molar-refractivity contribution in [3.8, 4) is 0 Å². The maximum absolute atomic E-state index is 12.9. The van der Waals surface area contributed by atoms with Crippen LogP contribution < -0.4 is 9.78 Å². The molecule has 0 radical (unpaired) electrons. The van der Waals surface area contributed by atoms with E-state index >= 15 is 0 Å². The Kier molecular flexibility index (Phi) is 7.55. The van der Waals surface area contributed by atoms with Gasteiger partial charge in [-0.25, -0.2) is 0 Å². The number of benzene rings is 2. The Bertz CT molecular complexity index is 1100. The summed E-state index contributed by atoms with van der Waals surface area (Å²) in [5.74, 6) is -2.36. The van der Waals surface area contributed by atoms with Crippen LogP contribution in [0.3, 0.4) is 0 Å². The van der Waals surface area contributed by atoms with Crippen molar-refractivity contribution in [1.82, 2.24) is 5.32 Å². The zero-order chi connectivity index (χ0) is 21.7. The number of aliphatic carboxylic acids is 1. The molecule has 1 unspecified atom stereocenters. The van der Waals surface area contributed by atoms with Crippen molar-refractivity contribution < 1.29 is 34.8 Å². The zero-order valence-electron chi connectivity index (χ0n) is 15.0. The Morgan fingerprint density at radius 1 is 1.03 bits per heavy atom. The summed E-state index contributed by atoms with van der Waals surface area (Å²) >= 11 is -1.28. The fourth-order valence-corrected chi connectivity index (χ4v) is 7.30. The molecular weight excluding hydrogens is 489 g/mol. The van der Waals surface area contributed by atoms with Crippen LogP contribution in [0.5, 0.6) is 0 Å². The normalized spacial score (nSPS) is 12.9. The van der Waals surface area contributed by atoms with E-state index in [9.17, 15) is 26.4 Å². The molecule has 0 aliphatic rings. The van der Waals surface area contributed by atoms with Gasteiger partial charge in [0.2, 0.25) is 0 Å². The van der Waals surface area contributed by atoms with Crippen molar-refractivity contribution in [1.29, 1.82) is 0 Å². The van der Waals surface area contributed by atoms with E-state index in [4.69, 9.17) is 8.37 Å². The van der Waals surface area contributed by atoms with Gasteiger partial charge in [0, 0.05) is 0 Å². The quantitative estimate of drug-likeness (QED) is 0.442. The molecule has 156 valence electrons. The van der Waals surface area contributed by atoms with E-state index in [-0.39, 0.29) is 14.3 Å². The van der Waals surface area contributed by atoms with Gasteiger partial charge in [-0.2, -0.15) is 0 Å². The number of hydrogen-bond acceptors (Lipinski definition) is 7. The summed E-state index contributed by atoms with van der Waals surface area (Å²) < 4.78 is 55.3. The van der Waals surface area contributed by atoms with E-state index in [0.29, 0.717) is 0 Å². The van der Waals surface area contributed by atoms with Gasteiger partial charge in [-0.3, -0.25) is 0 Å². The maximum atomic E-state index is 12.9. The molecule has 9 nitrogen and oxygen atoms in total. The number of carboxylic acid groups (broad SMARTS) is 1. The molecule has 0 bridgehead atoms. The number of rotatable bonds is 9.